The lowest BCUT2D eigenvalue weighted by Crippen LogP contribution is -2.50. The number of likely N-dealkylation sites (N-methyl/N-ethyl adjacent to an activating group) is 1. The highest BCUT2D eigenvalue weighted by atomic mass is 16.6. The number of carbonyl (C=O) groups excluding carboxylic acids is 2. The summed E-state index contributed by atoms with van der Waals surface area (Å²) in [6.07, 6.45) is 1.37. The average molecular weight is 513 g/mol. The highest BCUT2D eigenvalue weighted by Gasteiger charge is 2.28. The number of hydrogen-bond acceptors (Lipinski definition) is 8. The summed E-state index contributed by atoms with van der Waals surface area (Å²) in [5.74, 6) is 0.163. The van der Waals surface area contributed by atoms with E-state index in [1.165, 1.54) is 0 Å². The van der Waals surface area contributed by atoms with Crippen LogP contribution in [0.1, 0.15) is 43.8 Å². The van der Waals surface area contributed by atoms with Gasteiger partial charge in [-0.1, -0.05) is 30.3 Å². The SMILES string of the molecule is CCN(CCOC)C(=O)OCc1ccn2c([C@@H](COCc3ccccc3)NC(=O)C(C)(C)N)nnc2c1. The minimum atomic E-state index is -1.08. The molecule has 0 saturated carbocycles. The molecule has 0 radical (unpaired) electrons. The lowest BCUT2D eigenvalue weighted by Gasteiger charge is -2.23. The van der Waals surface area contributed by atoms with Gasteiger partial charge in [-0.15, -0.1) is 10.2 Å². The van der Waals surface area contributed by atoms with Crippen molar-refractivity contribution in [2.24, 2.45) is 5.73 Å². The monoisotopic (exact) mass is 512 g/mol. The van der Waals surface area contributed by atoms with Crippen molar-refractivity contribution < 1.29 is 23.8 Å². The van der Waals surface area contributed by atoms with Crippen molar-refractivity contribution >= 4 is 17.6 Å². The summed E-state index contributed by atoms with van der Waals surface area (Å²) >= 11 is 0. The van der Waals surface area contributed by atoms with Gasteiger partial charge >= 0.3 is 6.09 Å². The fourth-order valence-electron chi connectivity index (χ4n) is 3.49. The molecule has 2 aromatic heterocycles. The number of methoxy groups -OCH3 is 1. The van der Waals surface area contributed by atoms with Crippen LogP contribution in [0.5, 0.6) is 0 Å². The molecule has 0 spiro atoms. The van der Waals surface area contributed by atoms with Crippen LogP contribution in [-0.2, 0) is 32.2 Å². The van der Waals surface area contributed by atoms with E-state index in [0.29, 0.717) is 37.8 Å². The average Bonchev–Trinajstić information content (AvgIpc) is 3.30. The summed E-state index contributed by atoms with van der Waals surface area (Å²) < 4.78 is 18.2. The lowest BCUT2D eigenvalue weighted by molar-refractivity contribution is -0.126. The molecule has 1 aromatic carbocycles. The third kappa shape index (κ3) is 7.97. The van der Waals surface area contributed by atoms with Gasteiger partial charge in [-0.05, 0) is 44.0 Å². The number of amides is 2. The van der Waals surface area contributed by atoms with Crippen LogP contribution < -0.4 is 11.1 Å². The van der Waals surface area contributed by atoms with E-state index >= 15 is 0 Å². The molecule has 37 heavy (non-hydrogen) atoms. The standard InChI is InChI=1S/C26H36N6O5/c1-5-31(13-14-35-4)25(34)37-17-20-11-12-32-22(15-20)29-30-23(32)21(28-24(33)26(2,3)27)18-36-16-19-9-7-6-8-10-19/h6-12,15,21H,5,13-14,16-18,27H2,1-4H3,(H,28,33)/t21-/m1/s1. The fourth-order valence-corrected chi connectivity index (χ4v) is 3.49. The van der Waals surface area contributed by atoms with Crippen molar-refractivity contribution in [3.8, 4) is 0 Å². The van der Waals surface area contributed by atoms with Crippen LogP contribution >= 0.6 is 0 Å². The number of carbonyl (C=O) groups is 2. The number of nitrogens with zero attached hydrogens (tertiary/aromatic N) is 4. The molecule has 2 heterocycles. The second-order valence-corrected chi connectivity index (χ2v) is 9.20. The van der Waals surface area contributed by atoms with E-state index in [0.717, 1.165) is 11.1 Å². The molecule has 11 heteroatoms. The third-order valence-corrected chi connectivity index (χ3v) is 5.67. The van der Waals surface area contributed by atoms with Gasteiger partial charge in [0, 0.05) is 26.4 Å². The Bertz CT molecular complexity index is 1160. The van der Waals surface area contributed by atoms with Gasteiger partial charge in [0.05, 0.1) is 25.4 Å². The Morgan fingerprint density at radius 1 is 1.14 bits per heavy atom. The molecule has 2 amide bonds. The summed E-state index contributed by atoms with van der Waals surface area (Å²) in [4.78, 5) is 26.6. The number of pyridine rings is 1. The first kappa shape index (κ1) is 28.0. The number of nitrogens with two attached hydrogens (primary N) is 1. The molecule has 0 unspecified atom stereocenters. The quantitative estimate of drug-likeness (QED) is 0.357. The number of aromatic nitrogens is 3. The zero-order valence-corrected chi connectivity index (χ0v) is 21.8. The summed E-state index contributed by atoms with van der Waals surface area (Å²) in [5, 5.41) is 11.5. The van der Waals surface area contributed by atoms with E-state index in [2.05, 4.69) is 15.5 Å². The molecule has 200 valence electrons. The summed E-state index contributed by atoms with van der Waals surface area (Å²) in [6, 6.07) is 12.8. The van der Waals surface area contributed by atoms with Gasteiger partial charge in [-0.2, -0.15) is 0 Å². The summed E-state index contributed by atoms with van der Waals surface area (Å²) in [5.41, 5.74) is 7.24. The second kappa shape index (κ2) is 13.1. The van der Waals surface area contributed by atoms with Gasteiger partial charge in [-0.3, -0.25) is 9.20 Å². The van der Waals surface area contributed by atoms with Crippen LogP contribution in [0.4, 0.5) is 4.79 Å². The Hall–Kier alpha value is -3.54. The van der Waals surface area contributed by atoms with Crippen LogP contribution in [0.3, 0.4) is 0 Å². The second-order valence-electron chi connectivity index (χ2n) is 9.20. The Labute approximate surface area is 216 Å². The number of fused-ring (bicyclic) bond motifs is 1. The van der Waals surface area contributed by atoms with Crippen LogP contribution in [0, 0.1) is 0 Å². The molecule has 0 bridgehead atoms. The normalized spacial score (nSPS) is 12.4. The molecule has 3 aromatic rings. The van der Waals surface area contributed by atoms with Crippen molar-refractivity contribution in [2.45, 2.75) is 45.6 Å². The summed E-state index contributed by atoms with van der Waals surface area (Å²) in [6.45, 7) is 7.20. The van der Waals surface area contributed by atoms with E-state index < -0.39 is 17.7 Å². The molecule has 0 fully saturated rings. The minimum Gasteiger partial charge on any atom is -0.445 e. The van der Waals surface area contributed by atoms with Gasteiger partial charge in [0.2, 0.25) is 5.91 Å². The first-order valence-corrected chi connectivity index (χ1v) is 12.2. The van der Waals surface area contributed by atoms with Crippen molar-refractivity contribution in [3.63, 3.8) is 0 Å². The number of rotatable bonds is 13. The minimum absolute atomic E-state index is 0.0860. The zero-order valence-electron chi connectivity index (χ0n) is 21.8. The van der Waals surface area contributed by atoms with E-state index in [9.17, 15) is 9.59 Å². The maximum Gasteiger partial charge on any atom is 0.410 e. The van der Waals surface area contributed by atoms with Crippen molar-refractivity contribution in [3.05, 3.63) is 65.6 Å². The topological polar surface area (TPSA) is 133 Å². The Morgan fingerprint density at radius 2 is 1.89 bits per heavy atom. The molecule has 1 atom stereocenters. The van der Waals surface area contributed by atoms with Crippen molar-refractivity contribution in [1.29, 1.82) is 0 Å². The van der Waals surface area contributed by atoms with Crippen LogP contribution in [0.15, 0.2) is 48.7 Å². The lowest BCUT2D eigenvalue weighted by atomic mass is 10.1. The maximum absolute atomic E-state index is 12.7. The first-order valence-electron chi connectivity index (χ1n) is 12.2. The zero-order chi connectivity index (χ0) is 26.8. The Morgan fingerprint density at radius 3 is 2.57 bits per heavy atom. The Balaban J connectivity index is 1.73. The predicted octanol–water partition coefficient (Wildman–Crippen LogP) is 2.45. The molecular formula is C26H36N6O5. The van der Waals surface area contributed by atoms with Gasteiger partial charge in [0.15, 0.2) is 11.5 Å². The predicted molar refractivity (Wildman–Crippen MR) is 138 cm³/mol. The van der Waals surface area contributed by atoms with Crippen molar-refractivity contribution in [2.75, 3.05) is 33.4 Å². The molecule has 3 N–H and O–H groups in total. The molecule has 0 aliphatic rings. The fraction of sp³-hybridized carbons (Fsp3) is 0.462. The summed E-state index contributed by atoms with van der Waals surface area (Å²) in [7, 11) is 1.59. The maximum atomic E-state index is 12.7. The van der Waals surface area contributed by atoms with Gasteiger partial charge < -0.3 is 30.2 Å². The van der Waals surface area contributed by atoms with E-state index in [-0.39, 0.29) is 19.1 Å². The molecule has 3 rings (SSSR count). The van der Waals surface area contributed by atoms with Crippen LogP contribution in [-0.4, -0.2) is 70.5 Å². The Kier molecular flexibility index (Phi) is 9.95. The van der Waals surface area contributed by atoms with Gasteiger partial charge in [0.1, 0.15) is 12.6 Å². The molecule has 11 nitrogen and oxygen atoms in total. The first-order chi connectivity index (χ1) is 17.7. The van der Waals surface area contributed by atoms with Crippen molar-refractivity contribution in [1.82, 2.24) is 24.8 Å². The third-order valence-electron chi connectivity index (χ3n) is 5.67. The van der Waals surface area contributed by atoms with Crippen LogP contribution in [0.2, 0.25) is 0 Å². The number of ether oxygens (including phenoxy) is 3. The number of hydrogen-bond donors (Lipinski definition) is 2. The van der Waals surface area contributed by atoms with Gasteiger partial charge in [-0.25, -0.2) is 4.79 Å². The largest absolute Gasteiger partial charge is 0.445 e. The van der Waals surface area contributed by atoms with Gasteiger partial charge in [0.25, 0.3) is 0 Å². The number of nitrogens with one attached hydrogen (secondary N) is 1. The highest BCUT2D eigenvalue weighted by molar-refractivity contribution is 5.85. The molecule has 0 saturated heterocycles. The van der Waals surface area contributed by atoms with E-state index in [1.807, 2.05) is 43.3 Å². The molecular weight excluding hydrogens is 476 g/mol. The van der Waals surface area contributed by atoms with Crippen LogP contribution in [0.25, 0.3) is 5.65 Å². The molecule has 0 aliphatic heterocycles. The van der Waals surface area contributed by atoms with E-state index in [1.54, 1.807) is 42.5 Å². The number of benzene rings is 1. The smallest absolute Gasteiger partial charge is 0.410 e. The van der Waals surface area contributed by atoms with E-state index in [4.69, 9.17) is 19.9 Å². The molecule has 0 aliphatic carbocycles. The highest BCUT2D eigenvalue weighted by Crippen LogP contribution is 2.17.